The second-order valence-electron chi connectivity index (χ2n) is 9.72. The van der Waals surface area contributed by atoms with E-state index in [4.69, 9.17) is 0 Å². The van der Waals surface area contributed by atoms with Crippen molar-refractivity contribution in [2.45, 2.75) is 13.8 Å². The normalized spacial score (nSPS) is 11.5. The van der Waals surface area contributed by atoms with E-state index in [1.54, 1.807) is 0 Å². The molecule has 0 aliphatic rings. The van der Waals surface area contributed by atoms with E-state index in [0.29, 0.717) is 0 Å². The predicted octanol–water partition coefficient (Wildman–Crippen LogP) is 9.03. The van der Waals surface area contributed by atoms with Crippen LogP contribution in [0, 0.1) is 13.8 Å². The number of nitrogens with one attached hydrogen (secondary N) is 1. The van der Waals surface area contributed by atoms with Crippen molar-refractivity contribution in [1.82, 2.24) is 9.55 Å². The maximum absolute atomic E-state index is 3.54. The minimum Gasteiger partial charge on any atom is -0.355 e. The summed E-state index contributed by atoms with van der Waals surface area (Å²) in [5.41, 5.74) is 12.6. The van der Waals surface area contributed by atoms with Crippen LogP contribution < -0.4 is 0 Å². The molecular formula is C33H28N2S. The Balaban J connectivity index is 0.00000240. The maximum Gasteiger partial charge on any atom is 0.0489 e. The molecule has 0 bridgehead atoms. The van der Waals surface area contributed by atoms with Gasteiger partial charge < -0.3 is 9.55 Å². The van der Waals surface area contributed by atoms with E-state index in [1.807, 2.05) is 0 Å². The third-order valence-corrected chi connectivity index (χ3v) is 7.61. The number of hydrogen-bond donors (Lipinski definition) is 1. The average molecular weight is 485 g/mol. The van der Waals surface area contributed by atoms with Gasteiger partial charge in [0.25, 0.3) is 0 Å². The Bertz CT molecular complexity index is 1940. The van der Waals surface area contributed by atoms with E-state index in [9.17, 15) is 0 Å². The fourth-order valence-corrected chi connectivity index (χ4v) is 5.79. The van der Waals surface area contributed by atoms with Crippen molar-refractivity contribution >= 4 is 57.1 Å². The summed E-state index contributed by atoms with van der Waals surface area (Å²) in [5.74, 6) is 0. The molecule has 7 aromatic rings. The third-order valence-electron chi connectivity index (χ3n) is 7.61. The van der Waals surface area contributed by atoms with Gasteiger partial charge in [0.2, 0.25) is 0 Å². The zero-order valence-electron chi connectivity index (χ0n) is 20.7. The summed E-state index contributed by atoms with van der Waals surface area (Å²) in [4.78, 5) is 3.54. The van der Waals surface area contributed by atoms with Gasteiger partial charge in [-0.05, 0) is 83.6 Å². The van der Waals surface area contributed by atoms with Gasteiger partial charge in [-0.25, -0.2) is 0 Å². The predicted molar refractivity (Wildman–Crippen MR) is 161 cm³/mol. The van der Waals surface area contributed by atoms with Crippen molar-refractivity contribution in [3.63, 3.8) is 0 Å². The van der Waals surface area contributed by atoms with Crippen LogP contribution in [-0.4, -0.2) is 9.55 Å². The summed E-state index contributed by atoms with van der Waals surface area (Å²) in [6.45, 7) is 4.46. The van der Waals surface area contributed by atoms with Gasteiger partial charge in [0, 0.05) is 50.7 Å². The van der Waals surface area contributed by atoms with Gasteiger partial charge in [-0.1, -0.05) is 60.7 Å². The zero-order chi connectivity index (χ0) is 23.7. The van der Waals surface area contributed by atoms with E-state index in [2.05, 4.69) is 128 Å². The fraction of sp³-hybridized carbons (Fsp3) is 0.0909. The molecule has 7 rings (SSSR count). The highest BCUT2D eigenvalue weighted by Gasteiger charge is 2.13. The Kier molecular flexibility index (Phi) is 5.20. The van der Waals surface area contributed by atoms with Crippen LogP contribution in [0.25, 0.3) is 65.9 Å². The molecule has 0 aliphatic heterocycles. The number of aromatic nitrogens is 2. The summed E-state index contributed by atoms with van der Waals surface area (Å²) >= 11 is 0. The smallest absolute Gasteiger partial charge is 0.0489 e. The molecule has 0 aliphatic carbocycles. The molecule has 2 heterocycles. The van der Waals surface area contributed by atoms with Crippen molar-refractivity contribution in [2.24, 2.45) is 7.05 Å². The van der Waals surface area contributed by atoms with Gasteiger partial charge in [-0.2, -0.15) is 13.5 Å². The van der Waals surface area contributed by atoms with Gasteiger partial charge in [0.15, 0.2) is 0 Å². The van der Waals surface area contributed by atoms with Gasteiger partial charge in [0.1, 0.15) is 0 Å². The van der Waals surface area contributed by atoms with E-state index in [0.717, 1.165) is 0 Å². The summed E-state index contributed by atoms with van der Waals surface area (Å²) in [6.07, 6.45) is 0. The Morgan fingerprint density at radius 3 is 1.83 bits per heavy atom. The molecule has 0 fully saturated rings. The van der Waals surface area contributed by atoms with Gasteiger partial charge in [-0.15, -0.1) is 0 Å². The third kappa shape index (κ3) is 3.27. The number of nitrogens with zero attached hydrogens (tertiary/aromatic N) is 1. The molecule has 0 atom stereocenters. The lowest BCUT2D eigenvalue weighted by atomic mass is 9.91. The van der Waals surface area contributed by atoms with Crippen LogP contribution in [0.2, 0.25) is 0 Å². The first kappa shape index (κ1) is 22.5. The largest absolute Gasteiger partial charge is 0.355 e. The van der Waals surface area contributed by atoms with E-state index in [1.165, 1.54) is 77.0 Å². The molecule has 3 heteroatoms. The molecule has 1 N–H and O–H groups in total. The molecule has 0 spiro atoms. The first-order chi connectivity index (χ1) is 17.1. The van der Waals surface area contributed by atoms with Crippen LogP contribution in [0.15, 0.2) is 97.1 Å². The number of aryl methyl sites for hydroxylation is 3. The lowest BCUT2D eigenvalue weighted by molar-refractivity contribution is 1.01. The Hall–Kier alpha value is -3.95. The summed E-state index contributed by atoms with van der Waals surface area (Å²) in [5, 5.41) is 5.18. The molecule has 36 heavy (non-hydrogen) atoms. The number of aromatic amines is 1. The van der Waals surface area contributed by atoms with Crippen molar-refractivity contribution in [3.05, 3.63) is 108 Å². The Morgan fingerprint density at radius 1 is 0.528 bits per heavy atom. The summed E-state index contributed by atoms with van der Waals surface area (Å²) in [6, 6.07) is 35.6. The summed E-state index contributed by atoms with van der Waals surface area (Å²) < 4.78 is 2.29. The fourth-order valence-electron chi connectivity index (χ4n) is 5.79. The number of para-hydroxylation sites is 2. The van der Waals surface area contributed by atoms with Gasteiger partial charge >= 0.3 is 0 Å². The van der Waals surface area contributed by atoms with Crippen molar-refractivity contribution < 1.29 is 0 Å². The van der Waals surface area contributed by atoms with Gasteiger partial charge in [0.05, 0.1) is 0 Å². The highest BCUT2D eigenvalue weighted by atomic mass is 32.1. The lowest BCUT2D eigenvalue weighted by Gasteiger charge is -2.14. The first-order valence-electron chi connectivity index (χ1n) is 12.2. The SMILES string of the molecule is Cc1cc(-c2ccc3c(c2)c2ccccc2n3C)c(C)cc1-c1ccc2[nH]c3ccccc3c2c1.S. The van der Waals surface area contributed by atoms with Crippen molar-refractivity contribution in [2.75, 3.05) is 0 Å². The molecule has 176 valence electrons. The van der Waals surface area contributed by atoms with Crippen LogP contribution in [0.5, 0.6) is 0 Å². The number of benzene rings is 5. The molecule has 0 unspecified atom stereocenters. The Morgan fingerprint density at radius 2 is 1.08 bits per heavy atom. The molecule has 0 saturated carbocycles. The van der Waals surface area contributed by atoms with E-state index >= 15 is 0 Å². The molecular weight excluding hydrogens is 456 g/mol. The zero-order valence-corrected chi connectivity index (χ0v) is 21.7. The quantitative estimate of drug-likeness (QED) is 0.253. The number of H-pyrrole nitrogens is 1. The average Bonchev–Trinajstić information content (AvgIpc) is 3.40. The summed E-state index contributed by atoms with van der Waals surface area (Å²) in [7, 11) is 2.15. The molecule has 0 radical (unpaired) electrons. The van der Waals surface area contributed by atoms with Crippen LogP contribution in [0.1, 0.15) is 11.1 Å². The molecule has 0 saturated heterocycles. The van der Waals surface area contributed by atoms with Crippen LogP contribution in [-0.2, 0) is 7.05 Å². The maximum atomic E-state index is 3.54. The van der Waals surface area contributed by atoms with Crippen LogP contribution in [0.4, 0.5) is 0 Å². The van der Waals surface area contributed by atoms with Gasteiger partial charge in [-0.3, -0.25) is 0 Å². The number of hydrogen-bond acceptors (Lipinski definition) is 0. The minimum atomic E-state index is 0. The molecule has 2 nitrogen and oxygen atoms in total. The highest BCUT2D eigenvalue weighted by molar-refractivity contribution is 7.59. The number of rotatable bonds is 2. The van der Waals surface area contributed by atoms with Crippen LogP contribution >= 0.6 is 13.5 Å². The second-order valence-corrected chi connectivity index (χ2v) is 9.72. The molecule has 2 aromatic heterocycles. The van der Waals surface area contributed by atoms with E-state index in [-0.39, 0.29) is 13.5 Å². The minimum absolute atomic E-state index is 0. The molecule has 5 aromatic carbocycles. The lowest BCUT2D eigenvalue weighted by Crippen LogP contribution is -1.91. The Labute approximate surface area is 217 Å². The second kappa shape index (κ2) is 8.32. The van der Waals surface area contributed by atoms with Crippen molar-refractivity contribution in [1.29, 1.82) is 0 Å². The molecule has 0 amide bonds. The van der Waals surface area contributed by atoms with Crippen LogP contribution in [0.3, 0.4) is 0 Å². The first-order valence-corrected chi connectivity index (χ1v) is 12.2. The standard InChI is InChI=1S/C33H26N2.H2S/c1-20-17-27(23-13-15-33-29(19-23)25-9-5-7-11-32(25)35(33)3)21(2)16-26(20)22-12-14-31-28(18-22)24-8-4-6-10-30(24)34-31;/h4-19,34H,1-3H3;1H2. The van der Waals surface area contributed by atoms with Crippen molar-refractivity contribution in [3.8, 4) is 22.3 Å². The highest BCUT2D eigenvalue weighted by Crippen LogP contribution is 2.37. The topological polar surface area (TPSA) is 20.7 Å². The van der Waals surface area contributed by atoms with E-state index < -0.39 is 0 Å². The monoisotopic (exact) mass is 484 g/mol. The number of fused-ring (bicyclic) bond motifs is 6.